The molecule has 0 aliphatic heterocycles. The van der Waals surface area contributed by atoms with Crippen LogP contribution in [0, 0.1) is 5.82 Å². The van der Waals surface area contributed by atoms with Crippen LogP contribution in [-0.4, -0.2) is 29.3 Å². The quantitative estimate of drug-likeness (QED) is 0.426. The number of halogens is 1. The van der Waals surface area contributed by atoms with Crippen molar-refractivity contribution in [2.45, 2.75) is 0 Å². The maximum absolute atomic E-state index is 12.1. The lowest BCUT2D eigenvalue weighted by atomic mass is 10.2. The summed E-state index contributed by atoms with van der Waals surface area (Å²) in [6.45, 7) is 0. The number of carbonyl (C=O) groups excluding carboxylic acids is 1. The Labute approximate surface area is 74.4 Å². The van der Waals surface area contributed by atoms with Crippen LogP contribution in [0.15, 0.2) is 24.3 Å². The second kappa shape index (κ2) is 4.41. The van der Waals surface area contributed by atoms with Crippen molar-refractivity contribution in [1.29, 1.82) is 0 Å². The minimum absolute atomic E-state index is 0. The van der Waals surface area contributed by atoms with Gasteiger partial charge in [0.1, 0.15) is 12.1 Å². The predicted octanol–water partition coefficient (Wildman–Crippen LogP) is 0.722. The Bertz CT molecular complexity index is 207. The molecule has 3 heteroatoms. The minimum atomic E-state index is -0.319. The van der Waals surface area contributed by atoms with Gasteiger partial charge in [0.25, 0.3) is 0 Å². The van der Waals surface area contributed by atoms with Crippen molar-refractivity contribution in [2.75, 3.05) is 0 Å². The molecule has 0 amide bonds. The molecule has 1 aromatic rings. The average molecular weight is 150 g/mol. The highest BCUT2D eigenvalue weighted by atomic mass is 24.3. The second-order valence-electron chi connectivity index (χ2n) is 1.67. The monoisotopic (exact) mass is 150 g/mol. The summed E-state index contributed by atoms with van der Waals surface area (Å²) in [6.07, 6.45) is 0.680. The molecule has 0 fully saturated rings. The molecule has 0 N–H and O–H groups in total. The number of rotatable bonds is 1. The summed E-state index contributed by atoms with van der Waals surface area (Å²) in [5, 5.41) is 0. The minimum Gasteiger partial charge on any atom is -0.298 e. The Kier molecular flexibility index (Phi) is 4.23. The van der Waals surface area contributed by atoms with Gasteiger partial charge in [-0.15, -0.1) is 0 Å². The average Bonchev–Trinajstić information content (AvgIpc) is 1.90. The van der Waals surface area contributed by atoms with E-state index in [9.17, 15) is 9.18 Å². The molecule has 0 bridgehead atoms. The van der Waals surface area contributed by atoms with Gasteiger partial charge in [-0.25, -0.2) is 4.39 Å². The molecule has 10 heavy (non-hydrogen) atoms. The molecule has 0 unspecified atom stereocenters. The van der Waals surface area contributed by atoms with Crippen LogP contribution in [0.4, 0.5) is 4.39 Å². The van der Waals surface area contributed by atoms with Crippen molar-refractivity contribution in [1.82, 2.24) is 0 Å². The fraction of sp³-hybridized carbons (Fsp3) is 0. The summed E-state index contributed by atoms with van der Waals surface area (Å²) in [6, 6.07) is 5.37. The molecule has 0 aromatic heterocycles. The number of carbonyl (C=O) groups is 1. The standard InChI is InChI=1S/C7H5FO.Mg.2H/c8-7-3-1-6(5-9)2-4-7;;;/h1-5H;;;. The molecule has 1 rings (SSSR count). The molecule has 0 heterocycles. The van der Waals surface area contributed by atoms with Crippen LogP contribution in [0.3, 0.4) is 0 Å². The fourth-order valence-corrected chi connectivity index (χ4v) is 0.541. The molecule has 0 radical (unpaired) electrons. The fourth-order valence-electron chi connectivity index (χ4n) is 0.541. The van der Waals surface area contributed by atoms with E-state index < -0.39 is 0 Å². The van der Waals surface area contributed by atoms with Crippen LogP contribution in [0.2, 0.25) is 0 Å². The van der Waals surface area contributed by atoms with Gasteiger partial charge in [0.05, 0.1) is 0 Å². The molecule has 0 atom stereocenters. The van der Waals surface area contributed by atoms with Gasteiger partial charge in [-0.3, -0.25) is 4.79 Å². The molecular weight excluding hydrogens is 143 g/mol. The Balaban J connectivity index is 0.000000810. The Morgan fingerprint density at radius 2 is 1.70 bits per heavy atom. The zero-order chi connectivity index (χ0) is 6.69. The Hall–Kier alpha value is -0.414. The molecule has 0 aliphatic carbocycles. The highest BCUT2D eigenvalue weighted by Crippen LogP contribution is 1.98. The van der Waals surface area contributed by atoms with Gasteiger partial charge in [-0.2, -0.15) is 0 Å². The van der Waals surface area contributed by atoms with Crippen molar-refractivity contribution < 1.29 is 9.18 Å². The largest absolute Gasteiger partial charge is 0.316 e. The normalized spacial score (nSPS) is 8.10. The Morgan fingerprint density at radius 3 is 2.10 bits per heavy atom. The van der Waals surface area contributed by atoms with Gasteiger partial charge in [0.2, 0.25) is 0 Å². The third kappa shape index (κ3) is 2.45. The highest BCUT2D eigenvalue weighted by Gasteiger charge is 1.87. The van der Waals surface area contributed by atoms with E-state index >= 15 is 0 Å². The summed E-state index contributed by atoms with van der Waals surface area (Å²) in [5.41, 5.74) is 0.497. The van der Waals surface area contributed by atoms with E-state index in [4.69, 9.17) is 0 Å². The van der Waals surface area contributed by atoms with E-state index in [1.165, 1.54) is 24.3 Å². The van der Waals surface area contributed by atoms with E-state index in [0.29, 0.717) is 11.8 Å². The number of benzene rings is 1. The van der Waals surface area contributed by atoms with Crippen molar-refractivity contribution in [3.8, 4) is 0 Å². The number of hydrogen-bond donors (Lipinski definition) is 0. The number of hydrogen-bond acceptors (Lipinski definition) is 1. The first-order valence-electron chi connectivity index (χ1n) is 2.53. The van der Waals surface area contributed by atoms with Gasteiger partial charge in [-0.05, 0) is 24.3 Å². The third-order valence-corrected chi connectivity index (χ3v) is 1.01. The van der Waals surface area contributed by atoms with Crippen molar-refractivity contribution in [3.05, 3.63) is 35.6 Å². The van der Waals surface area contributed by atoms with Crippen LogP contribution < -0.4 is 0 Å². The lowest BCUT2D eigenvalue weighted by molar-refractivity contribution is 0.112. The lowest BCUT2D eigenvalue weighted by Crippen LogP contribution is -1.77. The summed E-state index contributed by atoms with van der Waals surface area (Å²) < 4.78 is 12.1. The van der Waals surface area contributed by atoms with Gasteiger partial charge >= 0.3 is 23.1 Å². The maximum Gasteiger partial charge on any atom is 0.316 e. The second-order valence-corrected chi connectivity index (χ2v) is 1.67. The van der Waals surface area contributed by atoms with Gasteiger partial charge in [-0.1, -0.05) is 0 Å². The first kappa shape index (κ1) is 9.59. The zero-order valence-electron chi connectivity index (χ0n) is 4.67. The topological polar surface area (TPSA) is 17.1 Å². The van der Waals surface area contributed by atoms with E-state index in [1.54, 1.807) is 0 Å². The first-order chi connectivity index (χ1) is 4.33. The van der Waals surface area contributed by atoms with E-state index in [2.05, 4.69) is 0 Å². The lowest BCUT2D eigenvalue weighted by Gasteiger charge is -1.86. The van der Waals surface area contributed by atoms with E-state index in [0.717, 1.165) is 0 Å². The van der Waals surface area contributed by atoms with Crippen LogP contribution in [0.1, 0.15) is 10.4 Å². The third-order valence-electron chi connectivity index (χ3n) is 1.01. The summed E-state index contributed by atoms with van der Waals surface area (Å²) in [5.74, 6) is -0.319. The van der Waals surface area contributed by atoms with Crippen LogP contribution in [0.5, 0.6) is 0 Å². The first-order valence-corrected chi connectivity index (χ1v) is 2.53. The molecular formula is C7H7FMgO. The summed E-state index contributed by atoms with van der Waals surface area (Å²) >= 11 is 0. The van der Waals surface area contributed by atoms with Crippen LogP contribution in [-0.2, 0) is 0 Å². The van der Waals surface area contributed by atoms with Crippen LogP contribution in [0.25, 0.3) is 0 Å². The maximum atomic E-state index is 12.1. The van der Waals surface area contributed by atoms with Crippen molar-refractivity contribution in [3.63, 3.8) is 0 Å². The van der Waals surface area contributed by atoms with Gasteiger partial charge in [0.15, 0.2) is 0 Å². The molecule has 50 valence electrons. The molecule has 0 aliphatic rings. The van der Waals surface area contributed by atoms with E-state index in [1.807, 2.05) is 0 Å². The molecule has 0 saturated carbocycles. The SMILES string of the molecule is O=Cc1ccc(F)cc1.[MgH2]. The van der Waals surface area contributed by atoms with Crippen LogP contribution >= 0.6 is 0 Å². The molecule has 1 aromatic carbocycles. The van der Waals surface area contributed by atoms with Crippen molar-refractivity contribution >= 4 is 29.3 Å². The summed E-state index contributed by atoms with van der Waals surface area (Å²) in [4.78, 5) is 10.00. The zero-order valence-corrected chi connectivity index (χ0v) is 4.67. The highest BCUT2D eigenvalue weighted by molar-refractivity contribution is 5.75. The summed E-state index contributed by atoms with van der Waals surface area (Å²) in [7, 11) is 0. The van der Waals surface area contributed by atoms with E-state index in [-0.39, 0.29) is 28.9 Å². The van der Waals surface area contributed by atoms with Crippen molar-refractivity contribution in [2.24, 2.45) is 0 Å². The molecule has 0 saturated heterocycles. The Morgan fingerprint density at radius 1 is 1.20 bits per heavy atom. The number of aldehydes is 1. The molecule has 0 spiro atoms. The molecule has 1 nitrogen and oxygen atoms in total. The van der Waals surface area contributed by atoms with Gasteiger partial charge < -0.3 is 0 Å². The predicted molar refractivity (Wildman–Crippen MR) is 40.3 cm³/mol. The van der Waals surface area contributed by atoms with Gasteiger partial charge in [0, 0.05) is 5.56 Å². The smallest absolute Gasteiger partial charge is 0.298 e.